The molecule has 3 heteroatoms. The fourth-order valence-electron chi connectivity index (χ4n) is 2.01. The van der Waals surface area contributed by atoms with Crippen molar-refractivity contribution in [3.8, 4) is 0 Å². The molecule has 1 fully saturated rings. The molecular weight excluding hydrogens is 204 g/mol. The smallest absolute Gasteiger partial charge is 0.0897 e. The summed E-state index contributed by atoms with van der Waals surface area (Å²) in [4.78, 5) is 5.65. The van der Waals surface area contributed by atoms with Crippen LogP contribution in [0.4, 0.5) is 0 Å². The molecule has 84 valence electrons. The van der Waals surface area contributed by atoms with E-state index in [4.69, 9.17) is 0 Å². The molecule has 1 aliphatic carbocycles. The van der Waals surface area contributed by atoms with Crippen LogP contribution >= 0.6 is 11.3 Å². The summed E-state index contributed by atoms with van der Waals surface area (Å²) in [6.07, 6.45) is 6.23. The van der Waals surface area contributed by atoms with Gasteiger partial charge in [0.2, 0.25) is 0 Å². The number of aryl methyl sites for hydroxylation is 1. The first-order valence-corrected chi connectivity index (χ1v) is 6.65. The van der Waals surface area contributed by atoms with Crippen LogP contribution in [0.15, 0.2) is 6.20 Å². The van der Waals surface area contributed by atoms with Crippen molar-refractivity contribution in [1.82, 2.24) is 10.3 Å². The van der Waals surface area contributed by atoms with E-state index in [0.717, 1.165) is 10.9 Å². The van der Waals surface area contributed by atoms with Crippen molar-refractivity contribution >= 4 is 11.3 Å². The minimum atomic E-state index is 0.449. The molecule has 2 rings (SSSR count). The molecule has 1 heterocycles. The zero-order valence-corrected chi connectivity index (χ0v) is 10.6. The summed E-state index contributed by atoms with van der Waals surface area (Å²) < 4.78 is 0. The van der Waals surface area contributed by atoms with E-state index in [1.54, 1.807) is 11.3 Å². The summed E-state index contributed by atoms with van der Waals surface area (Å²) in [5.74, 6) is 1.00. The summed E-state index contributed by atoms with van der Waals surface area (Å²) in [6.45, 7) is 6.59. The lowest BCUT2D eigenvalue weighted by atomic mass is 10.1. The Kier molecular flexibility index (Phi) is 3.42. The molecule has 2 nitrogen and oxygen atoms in total. The maximum atomic E-state index is 4.30. The highest BCUT2D eigenvalue weighted by molar-refractivity contribution is 7.11. The Hall–Kier alpha value is -0.410. The van der Waals surface area contributed by atoms with Crippen LogP contribution in [0.3, 0.4) is 0 Å². The van der Waals surface area contributed by atoms with Gasteiger partial charge < -0.3 is 5.32 Å². The zero-order valence-electron chi connectivity index (χ0n) is 9.79. The van der Waals surface area contributed by atoms with E-state index >= 15 is 0 Å². The highest BCUT2D eigenvalue weighted by atomic mass is 32.1. The number of hydrogen-bond donors (Lipinski definition) is 1. The van der Waals surface area contributed by atoms with Crippen LogP contribution in [0, 0.1) is 12.8 Å². The monoisotopic (exact) mass is 224 g/mol. The van der Waals surface area contributed by atoms with E-state index in [2.05, 4.69) is 31.1 Å². The third-order valence-corrected chi connectivity index (χ3v) is 4.08. The molecule has 0 radical (unpaired) electrons. The van der Waals surface area contributed by atoms with Crippen LogP contribution in [0.25, 0.3) is 0 Å². The van der Waals surface area contributed by atoms with E-state index in [0.29, 0.717) is 12.1 Å². The Morgan fingerprint density at radius 2 is 2.27 bits per heavy atom. The molecule has 1 saturated carbocycles. The molecule has 1 N–H and O–H groups in total. The largest absolute Gasteiger partial charge is 0.307 e. The topological polar surface area (TPSA) is 24.9 Å². The molecule has 2 unspecified atom stereocenters. The van der Waals surface area contributed by atoms with Crippen LogP contribution in [0.1, 0.15) is 49.0 Å². The van der Waals surface area contributed by atoms with Crippen LogP contribution < -0.4 is 5.32 Å². The molecule has 15 heavy (non-hydrogen) atoms. The Balaban J connectivity index is 1.82. The predicted octanol–water partition coefficient (Wildman–Crippen LogP) is 3.29. The summed E-state index contributed by atoms with van der Waals surface area (Å²) in [7, 11) is 0. The fourth-order valence-corrected chi connectivity index (χ4v) is 2.81. The number of aromatic nitrogens is 1. The highest BCUT2D eigenvalue weighted by Gasteiger charge is 2.24. The molecule has 0 aromatic carbocycles. The number of thiazole rings is 1. The Morgan fingerprint density at radius 3 is 2.80 bits per heavy atom. The average Bonchev–Trinajstić information content (AvgIpc) is 2.85. The highest BCUT2D eigenvalue weighted by Crippen LogP contribution is 2.34. The van der Waals surface area contributed by atoms with Crippen LogP contribution in [-0.4, -0.2) is 11.0 Å². The minimum Gasteiger partial charge on any atom is -0.307 e. The van der Waals surface area contributed by atoms with E-state index in [1.807, 2.05) is 6.20 Å². The maximum Gasteiger partial charge on any atom is 0.0897 e. The summed E-state index contributed by atoms with van der Waals surface area (Å²) in [5, 5.41) is 4.81. The Labute approximate surface area is 96.1 Å². The number of nitrogens with one attached hydrogen (secondary N) is 1. The van der Waals surface area contributed by atoms with Crippen molar-refractivity contribution in [2.75, 3.05) is 0 Å². The van der Waals surface area contributed by atoms with Gasteiger partial charge in [0.05, 0.1) is 5.01 Å². The second-order valence-corrected chi connectivity index (χ2v) is 6.02. The number of nitrogens with zero attached hydrogens (tertiary/aromatic N) is 1. The standard InChI is InChI=1S/C12H20N2S/c1-8(6-11-4-5-11)14-9(2)12-7-13-10(3)15-12/h7-9,11,14H,4-6H2,1-3H3. The minimum absolute atomic E-state index is 0.449. The number of hydrogen-bond acceptors (Lipinski definition) is 3. The van der Waals surface area contributed by atoms with Crippen molar-refractivity contribution in [3.05, 3.63) is 16.1 Å². The van der Waals surface area contributed by atoms with E-state index in [-0.39, 0.29) is 0 Å². The Morgan fingerprint density at radius 1 is 1.53 bits per heavy atom. The quantitative estimate of drug-likeness (QED) is 0.830. The van der Waals surface area contributed by atoms with Gasteiger partial charge in [-0.2, -0.15) is 0 Å². The molecule has 0 spiro atoms. The van der Waals surface area contributed by atoms with Crippen molar-refractivity contribution in [2.24, 2.45) is 5.92 Å². The van der Waals surface area contributed by atoms with Gasteiger partial charge >= 0.3 is 0 Å². The van der Waals surface area contributed by atoms with Crippen molar-refractivity contribution in [1.29, 1.82) is 0 Å². The van der Waals surface area contributed by atoms with E-state index in [9.17, 15) is 0 Å². The molecule has 0 bridgehead atoms. The van der Waals surface area contributed by atoms with Gasteiger partial charge in [0.1, 0.15) is 0 Å². The van der Waals surface area contributed by atoms with Gasteiger partial charge in [-0.05, 0) is 33.1 Å². The molecule has 1 aromatic rings. The van der Waals surface area contributed by atoms with Gasteiger partial charge in [-0.15, -0.1) is 11.3 Å². The van der Waals surface area contributed by atoms with Gasteiger partial charge in [-0.25, -0.2) is 4.98 Å². The lowest BCUT2D eigenvalue weighted by molar-refractivity contribution is 0.441. The molecule has 0 saturated heterocycles. The number of rotatable bonds is 5. The zero-order chi connectivity index (χ0) is 10.8. The van der Waals surface area contributed by atoms with Crippen LogP contribution in [0.5, 0.6) is 0 Å². The van der Waals surface area contributed by atoms with Gasteiger partial charge in [-0.1, -0.05) is 12.8 Å². The second-order valence-electron chi connectivity index (χ2n) is 4.75. The van der Waals surface area contributed by atoms with Crippen LogP contribution in [-0.2, 0) is 0 Å². The molecule has 0 amide bonds. The summed E-state index contributed by atoms with van der Waals surface area (Å²) >= 11 is 1.80. The van der Waals surface area contributed by atoms with E-state index in [1.165, 1.54) is 24.1 Å². The second kappa shape index (κ2) is 4.62. The van der Waals surface area contributed by atoms with Crippen LogP contribution in [0.2, 0.25) is 0 Å². The molecule has 0 aliphatic heterocycles. The predicted molar refractivity (Wildman–Crippen MR) is 65.2 cm³/mol. The van der Waals surface area contributed by atoms with E-state index < -0.39 is 0 Å². The fraction of sp³-hybridized carbons (Fsp3) is 0.750. The molecular formula is C12H20N2S. The molecule has 1 aliphatic rings. The molecule has 2 atom stereocenters. The van der Waals surface area contributed by atoms with Gasteiger partial charge in [0.25, 0.3) is 0 Å². The Bertz CT molecular complexity index is 317. The average molecular weight is 224 g/mol. The summed E-state index contributed by atoms with van der Waals surface area (Å²) in [5.41, 5.74) is 0. The van der Waals surface area contributed by atoms with Gasteiger partial charge in [-0.3, -0.25) is 0 Å². The molecule has 1 aromatic heterocycles. The van der Waals surface area contributed by atoms with Crippen molar-refractivity contribution in [3.63, 3.8) is 0 Å². The lowest BCUT2D eigenvalue weighted by Crippen LogP contribution is -2.28. The van der Waals surface area contributed by atoms with Gasteiger partial charge in [0.15, 0.2) is 0 Å². The first-order valence-electron chi connectivity index (χ1n) is 5.83. The van der Waals surface area contributed by atoms with Crippen molar-refractivity contribution < 1.29 is 0 Å². The van der Waals surface area contributed by atoms with Gasteiger partial charge in [0, 0.05) is 23.2 Å². The third kappa shape index (κ3) is 3.28. The third-order valence-electron chi connectivity index (χ3n) is 2.98. The maximum absolute atomic E-state index is 4.30. The first kappa shape index (κ1) is 11.1. The summed E-state index contributed by atoms with van der Waals surface area (Å²) in [6, 6.07) is 1.08. The SMILES string of the molecule is Cc1ncc(C(C)NC(C)CC2CC2)s1. The first-order chi connectivity index (χ1) is 7.15. The lowest BCUT2D eigenvalue weighted by Gasteiger charge is -2.18. The normalized spacial score (nSPS) is 20.2. The van der Waals surface area contributed by atoms with Crippen molar-refractivity contribution in [2.45, 2.75) is 52.1 Å².